The van der Waals surface area contributed by atoms with Crippen molar-refractivity contribution in [1.82, 2.24) is 0 Å². The Hall–Kier alpha value is -3.49. The minimum absolute atomic E-state index is 0.0225. The van der Waals surface area contributed by atoms with Crippen molar-refractivity contribution < 1.29 is 18.1 Å². The normalized spacial score (nSPS) is 12.1. The third-order valence-electron chi connectivity index (χ3n) is 5.17. The Balaban J connectivity index is 1.70. The van der Waals surface area contributed by atoms with Crippen molar-refractivity contribution >= 4 is 7.82 Å². The number of aryl methyl sites for hydroxylation is 1. The van der Waals surface area contributed by atoms with Gasteiger partial charge in [-0.2, -0.15) is 4.57 Å². The number of benzene rings is 4. The van der Waals surface area contributed by atoms with Gasteiger partial charge in [0.25, 0.3) is 0 Å². The van der Waals surface area contributed by atoms with Crippen molar-refractivity contribution in [3.63, 3.8) is 0 Å². The van der Waals surface area contributed by atoms with Crippen LogP contribution in [0.5, 0.6) is 17.2 Å². The molecule has 0 bridgehead atoms. The van der Waals surface area contributed by atoms with E-state index >= 15 is 0 Å². The maximum absolute atomic E-state index is 13.8. The highest BCUT2D eigenvalue weighted by Gasteiger charge is 2.34. The highest BCUT2D eigenvalue weighted by Crippen LogP contribution is 2.51. The Morgan fingerprint density at radius 1 is 0.594 bits per heavy atom. The van der Waals surface area contributed by atoms with Crippen LogP contribution in [0, 0.1) is 6.92 Å². The third-order valence-corrected chi connectivity index (χ3v) is 6.46. The van der Waals surface area contributed by atoms with Gasteiger partial charge in [0.15, 0.2) is 0 Å². The molecule has 4 nitrogen and oxygen atoms in total. The van der Waals surface area contributed by atoms with E-state index in [1.807, 2.05) is 42.5 Å². The van der Waals surface area contributed by atoms with Gasteiger partial charge >= 0.3 is 7.82 Å². The largest absolute Gasteiger partial charge is 0.647 e. The smallest absolute Gasteiger partial charge is 0.386 e. The zero-order valence-electron chi connectivity index (χ0n) is 18.0. The second-order valence-electron chi connectivity index (χ2n) is 7.46. The quantitative estimate of drug-likeness (QED) is 0.260. The van der Waals surface area contributed by atoms with Crippen LogP contribution in [-0.4, -0.2) is 0 Å². The molecule has 0 heterocycles. The lowest BCUT2D eigenvalue weighted by Gasteiger charge is -2.23. The molecular weight excluding hydrogens is 419 g/mol. The fourth-order valence-corrected chi connectivity index (χ4v) is 4.84. The lowest BCUT2D eigenvalue weighted by molar-refractivity contribution is 0.297. The second kappa shape index (κ2) is 9.76. The number of phosphoric ester groups is 1. The third kappa shape index (κ3) is 5.22. The lowest BCUT2D eigenvalue weighted by atomic mass is 9.90. The van der Waals surface area contributed by atoms with Crippen molar-refractivity contribution in [3.05, 3.63) is 126 Å². The van der Waals surface area contributed by atoms with E-state index in [0.717, 1.165) is 5.56 Å². The number of hydrogen-bond donors (Lipinski definition) is 0. The first-order valence-corrected chi connectivity index (χ1v) is 11.9. The van der Waals surface area contributed by atoms with E-state index in [1.54, 1.807) is 54.6 Å². The van der Waals surface area contributed by atoms with Crippen LogP contribution < -0.4 is 13.6 Å². The highest BCUT2D eigenvalue weighted by atomic mass is 31.2. The maximum Gasteiger partial charge on any atom is 0.647 e. The number of hydrogen-bond acceptors (Lipinski definition) is 4. The summed E-state index contributed by atoms with van der Waals surface area (Å²) >= 11 is 0. The van der Waals surface area contributed by atoms with Gasteiger partial charge in [0.05, 0.1) is 0 Å². The minimum Gasteiger partial charge on any atom is -0.386 e. The van der Waals surface area contributed by atoms with Gasteiger partial charge in [0.2, 0.25) is 0 Å². The second-order valence-corrected chi connectivity index (χ2v) is 8.91. The van der Waals surface area contributed by atoms with Gasteiger partial charge in [-0.25, -0.2) is 0 Å². The zero-order chi connectivity index (χ0) is 22.4. The van der Waals surface area contributed by atoms with Gasteiger partial charge < -0.3 is 13.6 Å². The van der Waals surface area contributed by atoms with E-state index in [0.29, 0.717) is 17.2 Å². The van der Waals surface area contributed by atoms with Crippen LogP contribution in [0.3, 0.4) is 0 Å². The summed E-state index contributed by atoms with van der Waals surface area (Å²) in [5, 5.41) is 0. The Morgan fingerprint density at radius 2 is 1.06 bits per heavy atom. The van der Waals surface area contributed by atoms with E-state index in [2.05, 4.69) is 26.0 Å². The molecule has 0 spiro atoms. The van der Waals surface area contributed by atoms with Gasteiger partial charge in [-0.1, -0.05) is 85.8 Å². The van der Waals surface area contributed by atoms with Gasteiger partial charge in [-0.15, -0.1) is 0 Å². The zero-order valence-corrected chi connectivity index (χ0v) is 18.9. The van der Waals surface area contributed by atoms with E-state index in [9.17, 15) is 4.57 Å². The van der Waals surface area contributed by atoms with Gasteiger partial charge in [-0.3, -0.25) is 0 Å². The highest BCUT2D eigenvalue weighted by molar-refractivity contribution is 7.49. The molecule has 0 aliphatic heterocycles. The van der Waals surface area contributed by atoms with Gasteiger partial charge in [0, 0.05) is 11.5 Å². The average molecular weight is 444 g/mol. The molecule has 0 aromatic heterocycles. The summed E-state index contributed by atoms with van der Waals surface area (Å²) in [6.45, 7) is 4.18. The number of rotatable bonds is 8. The molecule has 5 heteroatoms. The molecule has 0 aliphatic carbocycles. The van der Waals surface area contributed by atoms with E-state index in [-0.39, 0.29) is 5.92 Å². The van der Waals surface area contributed by atoms with Gasteiger partial charge in [0.1, 0.15) is 17.2 Å². The standard InChI is InChI=1S/C27H25O4P/c1-21-13-9-10-18-25(21)22(2)26-19-11-12-20-27(26)31-32(28,29-23-14-5-3-6-15-23)30-24-16-7-4-8-17-24/h3-20,22H,1-2H3. The fourth-order valence-electron chi connectivity index (χ4n) is 3.56. The molecule has 1 unspecified atom stereocenters. The van der Waals surface area contributed by atoms with Crippen LogP contribution in [0.4, 0.5) is 0 Å². The van der Waals surface area contributed by atoms with Crippen LogP contribution in [0.25, 0.3) is 0 Å². The Bertz CT molecular complexity index is 1160. The fraction of sp³-hybridized carbons (Fsp3) is 0.111. The lowest BCUT2D eigenvalue weighted by Crippen LogP contribution is -2.09. The molecule has 0 amide bonds. The summed E-state index contributed by atoms with van der Waals surface area (Å²) in [7, 11) is -4.06. The van der Waals surface area contributed by atoms with Crippen LogP contribution in [0.2, 0.25) is 0 Å². The summed E-state index contributed by atoms with van der Waals surface area (Å²) in [6, 6.07) is 33.5. The summed E-state index contributed by atoms with van der Waals surface area (Å²) in [5.74, 6) is 1.28. The van der Waals surface area contributed by atoms with Crippen LogP contribution in [0.1, 0.15) is 29.5 Å². The molecule has 0 N–H and O–H groups in total. The molecule has 0 aliphatic rings. The Labute approximate surface area is 189 Å². The summed E-state index contributed by atoms with van der Waals surface area (Å²) in [5.41, 5.74) is 3.25. The first-order valence-electron chi connectivity index (χ1n) is 10.5. The van der Waals surface area contributed by atoms with Crippen molar-refractivity contribution in [2.75, 3.05) is 0 Å². The molecule has 0 radical (unpaired) electrons. The van der Waals surface area contributed by atoms with Crippen LogP contribution in [-0.2, 0) is 4.57 Å². The topological polar surface area (TPSA) is 44.8 Å². The molecule has 4 aromatic rings. The predicted octanol–water partition coefficient (Wildman–Crippen LogP) is 7.79. The van der Waals surface area contributed by atoms with Gasteiger partial charge in [-0.05, 0) is 48.4 Å². The summed E-state index contributed by atoms with van der Waals surface area (Å²) in [6.07, 6.45) is 0. The average Bonchev–Trinajstić information content (AvgIpc) is 2.80. The molecule has 0 fully saturated rings. The van der Waals surface area contributed by atoms with Crippen LogP contribution in [0.15, 0.2) is 109 Å². The van der Waals surface area contributed by atoms with Crippen molar-refractivity contribution in [2.45, 2.75) is 19.8 Å². The van der Waals surface area contributed by atoms with Crippen molar-refractivity contribution in [2.24, 2.45) is 0 Å². The van der Waals surface area contributed by atoms with E-state index < -0.39 is 7.82 Å². The first kappa shape index (κ1) is 21.7. The number of para-hydroxylation sites is 3. The number of phosphoric acid groups is 1. The van der Waals surface area contributed by atoms with Crippen LogP contribution >= 0.6 is 7.82 Å². The van der Waals surface area contributed by atoms with E-state index in [4.69, 9.17) is 13.6 Å². The first-order chi connectivity index (χ1) is 15.5. The Morgan fingerprint density at radius 3 is 1.62 bits per heavy atom. The van der Waals surface area contributed by atoms with Crippen molar-refractivity contribution in [1.29, 1.82) is 0 Å². The summed E-state index contributed by atoms with van der Waals surface area (Å²) < 4.78 is 31.4. The SMILES string of the molecule is Cc1ccccc1C(C)c1ccccc1OP(=O)(Oc1ccccc1)Oc1ccccc1. The maximum atomic E-state index is 13.8. The molecule has 4 rings (SSSR count). The summed E-state index contributed by atoms with van der Waals surface area (Å²) in [4.78, 5) is 0. The van der Waals surface area contributed by atoms with E-state index in [1.165, 1.54) is 11.1 Å². The Kier molecular flexibility index (Phi) is 6.63. The minimum atomic E-state index is -4.06. The van der Waals surface area contributed by atoms with Crippen molar-refractivity contribution in [3.8, 4) is 17.2 Å². The monoisotopic (exact) mass is 444 g/mol. The molecule has 32 heavy (non-hydrogen) atoms. The molecule has 4 aromatic carbocycles. The molecule has 0 saturated heterocycles. The molecular formula is C27H25O4P. The predicted molar refractivity (Wildman–Crippen MR) is 128 cm³/mol. The molecule has 0 saturated carbocycles. The molecule has 1 atom stereocenters. The molecule has 162 valence electrons.